The second-order valence-corrected chi connectivity index (χ2v) is 5.63. The van der Waals surface area contributed by atoms with E-state index in [-0.39, 0.29) is 16.3 Å². The van der Waals surface area contributed by atoms with Gasteiger partial charge in [0, 0.05) is 12.1 Å². The molecular formula is C15H12Cl2N2O3. The van der Waals surface area contributed by atoms with E-state index >= 15 is 0 Å². The molecule has 0 aliphatic carbocycles. The number of anilines is 1. The van der Waals surface area contributed by atoms with Crippen LogP contribution < -0.4 is 5.32 Å². The van der Waals surface area contributed by atoms with E-state index in [0.29, 0.717) is 10.7 Å². The lowest BCUT2D eigenvalue weighted by Gasteiger charge is -2.12. The normalized spacial score (nSPS) is 10.4. The number of hydrogen-bond acceptors (Lipinski definition) is 3. The molecule has 0 bridgehead atoms. The number of carbonyl (C=O) groups is 1. The minimum absolute atomic E-state index is 0.00703. The lowest BCUT2D eigenvalue weighted by atomic mass is 10.1. The van der Waals surface area contributed by atoms with Crippen LogP contribution in [0.5, 0.6) is 0 Å². The molecule has 22 heavy (non-hydrogen) atoms. The molecule has 0 fully saturated rings. The zero-order valence-electron chi connectivity index (χ0n) is 11.8. The van der Waals surface area contributed by atoms with Crippen LogP contribution in [0.3, 0.4) is 0 Å². The highest BCUT2D eigenvalue weighted by Crippen LogP contribution is 2.29. The van der Waals surface area contributed by atoms with E-state index in [9.17, 15) is 14.9 Å². The van der Waals surface area contributed by atoms with Crippen LogP contribution in [0.25, 0.3) is 0 Å². The van der Waals surface area contributed by atoms with Crippen LogP contribution in [0.2, 0.25) is 10.0 Å². The van der Waals surface area contributed by atoms with Crippen molar-refractivity contribution >= 4 is 40.5 Å². The van der Waals surface area contributed by atoms with Gasteiger partial charge in [0.25, 0.3) is 11.6 Å². The van der Waals surface area contributed by atoms with Crippen molar-refractivity contribution in [2.45, 2.75) is 13.8 Å². The summed E-state index contributed by atoms with van der Waals surface area (Å²) in [5.74, 6) is -0.478. The average Bonchev–Trinajstić information content (AvgIpc) is 2.42. The first kappa shape index (κ1) is 16.3. The summed E-state index contributed by atoms with van der Waals surface area (Å²) >= 11 is 12.1. The number of carbonyl (C=O) groups excluding carboxylic acids is 1. The molecule has 5 nitrogen and oxygen atoms in total. The minimum Gasteiger partial charge on any atom is -0.320 e. The summed E-state index contributed by atoms with van der Waals surface area (Å²) in [6.07, 6.45) is 0. The van der Waals surface area contributed by atoms with Gasteiger partial charge < -0.3 is 5.32 Å². The molecule has 0 saturated heterocycles. The number of aryl methyl sites for hydroxylation is 2. The average molecular weight is 339 g/mol. The number of benzene rings is 2. The van der Waals surface area contributed by atoms with Gasteiger partial charge in [-0.05, 0) is 37.1 Å². The van der Waals surface area contributed by atoms with Crippen molar-refractivity contribution in [1.82, 2.24) is 0 Å². The molecule has 2 aromatic rings. The van der Waals surface area contributed by atoms with Crippen molar-refractivity contribution in [3.63, 3.8) is 0 Å². The first-order valence-electron chi connectivity index (χ1n) is 6.31. The summed E-state index contributed by atoms with van der Waals surface area (Å²) in [6.45, 7) is 3.73. The van der Waals surface area contributed by atoms with Crippen LogP contribution >= 0.6 is 23.2 Å². The van der Waals surface area contributed by atoms with E-state index in [1.807, 2.05) is 19.9 Å². The monoisotopic (exact) mass is 338 g/mol. The predicted molar refractivity (Wildman–Crippen MR) is 87.0 cm³/mol. The van der Waals surface area contributed by atoms with Gasteiger partial charge >= 0.3 is 0 Å². The molecule has 2 aromatic carbocycles. The summed E-state index contributed by atoms with van der Waals surface area (Å²) in [7, 11) is 0. The van der Waals surface area contributed by atoms with Crippen LogP contribution in [-0.2, 0) is 0 Å². The second kappa shape index (κ2) is 6.34. The van der Waals surface area contributed by atoms with E-state index in [1.54, 1.807) is 6.07 Å². The number of nitro benzene ring substituents is 1. The maximum atomic E-state index is 12.3. The second-order valence-electron chi connectivity index (χ2n) is 4.81. The Hall–Kier alpha value is -2.11. The Labute approximate surface area is 137 Å². The summed E-state index contributed by atoms with van der Waals surface area (Å²) in [6, 6.07) is 7.30. The minimum atomic E-state index is -0.575. The fourth-order valence-electron chi connectivity index (χ4n) is 2.06. The van der Waals surface area contributed by atoms with Crippen LogP contribution in [-0.4, -0.2) is 10.8 Å². The van der Waals surface area contributed by atoms with Crippen molar-refractivity contribution in [1.29, 1.82) is 0 Å². The standard InChI is InChI=1S/C15H12Cl2N2O3/c1-8-5-9(2)14(13(17)6-8)18-15(20)11-4-3-10(19(21)22)7-12(11)16/h3-7H,1-2H3,(H,18,20). The van der Waals surface area contributed by atoms with Crippen LogP contribution in [0, 0.1) is 24.0 Å². The summed E-state index contributed by atoms with van der Waals surface area (Å²) in [5, 5.41) is 13.8. The lowest BCUT2D eigenvalue weighted by Crippen LogP contribution is -2.14. The number of nitro groups is 1. The number of amides is 1. The quantitative estimate of drug-likeness (QED) is 0.647. The molecule has 0 heterocycles. The number of non-ortho nitro benzene ring substituents is 1. The lowest BCUT2D eigenvalue weighted by molar-refractivity contribution is -0.384. The van der Waals surface area contributed by atoms with E-state index in [2.05, 4.69) is 5.32 Å². The zero-order chi connectivity index (χ0) is 16.4. The van der Waals surface area contributed by atoms with Crippen molar-refractivity contribution < 1.29 is 9.72 Å². The molecule has 0 atom stereocenters. The molecule has 1 N–H and O–H groups in total. The Morgan fingerprint density at radius 2 is 1.82 bits per heavy atom. The van der Waals surface area contributed by atoms with Gasteiger partial charge in [0.15, 0.2) is 0 Å². The molecule has 1 amide bonds. The van der Waals surface area contributed by atoms with Gasteiger partial charge in [-0.25, -0.2) is 0 Å². The van der Waals surface area contributed by atoms with Gasteiger partial charge in [-0.1, -0.05) is 29.3 Å². The molecule has 7 heteroatoms. The van der Waals surface area contributed by atoms with Crippen LogP contribution in [0.1, 0.15) is 21.5 Å². The Morgan fingerprint density at radius 1 is 1.14 bits per heavy atom. The van der Waals surface area contributed by atoms with Gasteiger partial charge in [0.1, 0.15) is 0 Å². The predicted octanol–water partition coefficient (Wildman–Crippen LogP) is 4.77. The summed E-state index contributed by atoms with van der Waals surface area (Å²) in [5.41, 5.74) is 2.26. The third kappa shape index (κ3) is 3.37. The fourth-order valence-corrected chi connectivity index (χ4v) is 2.69. The molecule has 0 spiro atoms. The number of hydrogen-bond donors (Lipinski definition) is 1. The maximum absolute atomic E-state index is 12.3. The number of rotatable bonds is 3. The topological polar surface area (TPSA) is 72.2 Å². The molecule has 0 aliphatic rings. The molecule has 2 rings (SSSR count). The van der Waals surface area contributed by atoms with Crippen molar-refractivity contribution in [3.05, 3.63) is 67.2 Å². The van der Waals surface area contributed by atoms with E-state index in [0.717, 1.165) is 17.2 Å². The van der Waals surface area contributed by atoms with Crippen molar-refractivity contribution in [2.75, 3.05) is 5.32 Å². The molecule has 114 valence electrons. The molecule has 0 aliphatic heterocycles. The van der Waals surface area contributed by atoms with Gasteiger partial charge in [-0.15, -0.1) is 0 Å². The highest BCUT2D eigenvalue weighted by molar-refractivity contribution is 6.36. The zero-order valence-corrected chi connectivity index (χ0v) is 13.3. The molecule has 0 saturated carbocycles. The molecule has 0 aromatic heterocycles. The van der Waals surface area contributed by atoms with Crippen LogP contribution in [0.15, 0.2) is 30.3 Å². The molecule has 0 radical (unpaired) electrons. The Kier molecular flexibility index (Phi) is 4.68. The van der Waals surface area contributed by atoms with Crippen LogP contribution in [0.4, 0.5) is 11.4 Å². The van der Waals surface area contributed by atoms with E-state index in [1.165, 1.54) is 12.1 Å². The number of halogens is 2. The summed E-state index contributed by atoms with van der Waals surface area (Å²) < 4.78 is 0. The van der Waals surface area contributed by atoms with E-state index in [4.69, 9.17) is 23.2 Å². The number of nitrogens with one attached hydrogen (secondary N) is 1. The highest BCUT2D eigenvalue weighted by Gasteiger charge is 2.17. The van der Waals surface area contributed by atoms with Crippen molar-refractivity contribution in [3.8, 4) is 0 Å². The van der Waals surface area contributed by atoms with E-state index < -0.39 is 10.8 Å². The first-order valence-corrected chi connectivity index (χ1v) is 7.07. The van der Waals surface area contributed by atoms with Gasteiger partial charge in [0.05, 0.1) is 26.2 Å². The molecule has 0 unspecified atom stereocenters. The Morgan fingerprint density at radius 3 is 2.36 bits per heavy atom. The third-order valence-electron chi connectivity index (χ3n) is 3.08. The van der Waals surface area contributed by atoms with Gasteiger partial charge in [-0.2, -0.15) is 0 Å². The fraction of sp³-hybridized carbons (Fsp3) is 0.133. The SMILES string of the molecule is Cc1cc(C)c(NC(=O)c2ccc([N+](=O)[O-])cc2Cl)c(Cl)c1. The largest absolute Gasteiger partial charge is 0.320 e. The highest BCUT2D eigenvalue weighted by atomic mass is 35.5. The van der Waals surface area contributed by atoms with Gasteiger partial charge in [-0.3, -0.25) is 14.9 Å². The number of nitrogens with zero attached hydrogens (tertiary/aromatic N) is 1. The molecular weight excluding hydrogens is 327 g/mol. The first-order chi connectivity index (χ1) is 10.3. The van der Waals surface area contributed by atoms with Crippen molar-refractivity contribution in [2.24, 2.45) is 0 Å². The van der Waals surface area contributed by atoms with Gasteiger partial charge in [0.2, 0.25) is 0 Å². The maximum Gasteiger partial charge on any atom is 0.270 e. The third-order valence-corrected chi connectivity index (χ3v) is 3.69. The summed E-state index contributed by atoms with van der Waals surface area (Å²) in [4.78, 5) is 22.4. The Balaban J connectivity index is 2.32. The smallest absolute Gasteiger partial charge is 0.270 e. The Bertz CT molecular complexity index is 752.